The molecule has 46 heavy (non-hydrogen) atoms. The maximum absolute atomic E-state index is 7.32. The van der Waals surface area contributed by atoms with Crippen molar-refractivity contribution in [2.45, 2.75) is 97.3 Å². The fraction of sp³-hybridized carbons (Fsp3) is 0.417. The first-order valence-corrected chi connectivity index (χ1v) is 19.1. The fourth-order valence-electron chi connectivity index (χ4n) is 5.04. The first-order chi connectivity index (χ1) is 20.6. The van der Waals surface area contributed by atoms with Crippen LogP contribution in [0.1, 0.15) is 73.7 Å². The minimum absolute atomic E-state index is 0. The Labute approximate surface area is 312 Å². The van der Waals surface area contributed by atoms with Crippen LogP contribution >= 0.6 is 15.8 Å². The van der Waals surface area contributed by atoms with Crippen LogP contribution in [-0.2, 0) is 29.4 Å². The van der Waals surface area contributed by atoms with Gasteiger partial charge in [0.2, 0.25) is 0 Å². The molecule has 0 aliphatic carbocycles. The third-order valence-electron chi connectivity index (χ3n) is 7.20. The zero-order valence-corrected chi connectivity index (χ0v) is 34.9. The van der Waals surface area contributed by atoms with Crippen LogP contribution in [0.2, 0.25) is 0 Å². The molecule has 0 aromatic carbocycles. The Morgan fingerprint density at radius 1 is 0.543 bits per heavy atom. The van der Waals surface area contributed by atoms with Crippen LogP contribution in [-0.4, -0.2) is 42.6 Å². The van der Waals surface area contributed by atoms with Crippen molar-refractivity contribution < 1.29 is 51.0 Å². The minimum atomic E-state index is -0.412. The molecule has 5 nitrogen and oxygen atoms in total. The van der Waals surface area contributed by atoms with Gasteiger partial charge in [0.1, 0.15) is 0 Å². The van der Waals surface area contributed by atoms with E-state index >= 15 is 0 Å². The SMILES string of the molecule is CC#N.CC(C)[PH+](Cc1cccc(-c2ccccn2)n1)C(C)C.CC(C)[PH+](Cc1cccc(-c2ccccn2)n1)C(C)C.[Br-].[Br-].[Fe+2]. The van der Waals surface area contributed by atoms with E-state index in [1.807, 2.05) is 60.9 Å². The molecule has 0 fully saturated rings. The molecule has 0 radical (unpaired) electrons. The molecule has 0 aliphatic heterocycles. The van der Waals surface area contributed by atoms with Gasteiger partial charge in [-0.15, -0.1) is 0 Å². The summed E-state index contributed by atoms with van der Waals surface area (Å²) in [6, 6.07) is 26.3. The summed E-state index contributed by atoms with van der Waals surface area (Å²) in [7, 11) is -0.824. The Morgan fingerprint density at radius 3 is 1.11 bits per heavy atom. The molecule has 0 N–H and O–H groups in total. The van der Waals surface area contributed by atoms with Gasteiger partial charge in [0.25, 0.3) is 0 Å². The fourth-order valence-corrected chi connectivity index (χ4v) is 10.6. The molecular weight excluding hydrogens is 780 g/mol. The van der Waals surface area contributed by atoms with E-state index < -0.39 is 15.8 Å². The zero-order chi connectivity index (χ0) is 31.8. The number of pyridine rings is 4. The number of halogens is 2. The molecule has 0 spiro atoms. The van der Waals surface area contributed by atoms with Gasteiger partial charge in [-0.2, -0.15) is 5.26 Å². The summed E-state index contributed by atoms with van der Waals surface area (Å²) in [4.78, 5) is 18.4. The van der Waals surface area contributed by atoms with Gasteiger partial charge < -0.3 is 34.0 Å². The summed E-state index contributed by atoms with van der Waals surface area (Å²) in [6.45, 7) is 20.2. The summed E-state index contributed by atoms with van der Waals surface area (Å²) in [5.74, 6) is 0. The van der Waals surface area contributed by atoms with Crippen LogP contribution in [0, 0.1) is 11.3 Å². The van der Waals surface area contributed by atoms with Crippen LogP contribution < -0.4 is 34.0 Å². The molecule has 4 heterocycles. The number of nitriles is 1. The van der Waals surface area contributed by atoms with Gasteiger partial charge in [-0.05, 0) is 104 Å². The largest absolute Gasteiger partial charge is 2.00 e. The van der Waals surface area contributed by atoms with Crippen LogP contribution in [0.25, 0.3) is 22.8 Å². The summed E-state index contributed by atoms with van der Waals surface area (Å²) < 4.78 is 0. The van der Waals surface area contributed by atoms with Crippen LogP contribution in [0.15, 0.2) is 85.2 Å². The minimum Gasteiger partial charge on any atom is -1.00 e. The average molecular weight is 831 g/mol. The van der Waals surface area contributed by atoms with Crippen molar-refractivity contribution in [1.29, 1.82) is 5.26 Å². The van der Waals surface area contributed by atoms with Crippen LogP contribution in [0.5, 0.6) is 0 Å². The molecule has 0 atom stereocenters. The molecule has 0 saturated carbocycles. The van der Waals surface area contributed by atoms with Gasteiger partial charge in [-0.3, -0.25) is 9.97 Å². The standard InChI is InChI=1S/2C17H23N2P.C2H3N.2BrH.Fe/c2*1-13(2)20(14(3)4)12-15-8-7-10-17(19-15)16-9-5-6-11-18-16;1-2-3;;;/h2*5-11,13-14H,12H2,1-4H3;1H3;2*1H;/q;;;;;+2. The Morgan fingerprint density at radius 2 is 0.848 bits per heavy atom. The quantitative estimate of drug-likeness (QED) is 0.179. The number of hydrogen-bond acceptors (Lipinski definition) is 5. The molecule has 0 saturated heterocycles. The van der Waals surface area contributed by atoms with Crippen molar-refractivity contribution in [1.82, 2.24) is 19.9 Å². The molecule has 4 rings (SSSR count). The Kier molecular flexibility index (Phi) is 25.8. The van der Waals surface area contributed by atoms with E-state index in [9.17, 15) is 0 Å². The van der Waals surface area contributed by atoms with Gasteiger partial charge in [0.05, 0.1) is 75.2 Å². The van der Waals surface area contributed by atoms with Crippen LogP contribution in [0.4, 0.5) is 0 Å². The van der Waals surface area contributed by atoms with Gasteiger partial charge in [-0.25, -0.2) is 9.97 Å². The van der Waals surface area contributed by atoms with Crippen molar-refractivity contribution >= 4 is 15.8 Å². The molecule has 0 aliphatic rings. The second-order valence-electron chi connectivity index (χ2n) is 11.8. The molecule has 10 heteroatoms. The van der Waals surface area contributed by atoms with E-state index in [0.29, 0.717) is 0 Å². The average Bonchev–Trinajstić information content (AvgIpc) is 3.00. The maximum atomic E-state index is 7.32. The van der Waals surface area contributed by atoms with Crippen LogP contribution in [0.3, 0.4) is 0 Å². The van der Waals surface area contributed by atoms with Gasteiger partial charge in [0, 0.05) is 35.2 Å². The van der Waals surface area contributed by atoms with E-state index in [1.54, 1.807) is 6.07 Å². The number of nitrogens with zero attached hydrogens (tertiary/aromatic N) is 5. The molecular formula is C36H51Br2FeN5P2+2. The smallest absolute Gasteiger partial charge is 1.00 e. The monoisotopic (exact) mass is 829 g/mol. The van der Waals surface area contributed by atoms with E-state index in [0.717, 1.165) is 57.7 Å². The Balaban J connectivity index is 0. The van der Waals surface area contributed by atoms with Crippen molar-refractivity contribution in [2.75, 3.05) is 0 Å². The second kappa shape index (κ2) is 25.4. The van der Waals surface area contributed by atoms with Gasteiger partial charge >= 0.3 is 17.1 Å². The molecule has 0 amide bonds. The number of aromatic nitrogens is 4. The van der Waals surface area contributed by atoms with Gasteiger partial charge in [-0.1, -0.05) is 24.3 Å². The number of hydrogen-bond donors (Lipinski definition) is 0. The predicted molar refractivity (Wildman–Crippen MR) is 191 cm³/mol. The molecule has 0 unspecified atom stereocenters. The zero-order valence-electron chi connectivity index (χ0n) is 28.7. The molecule has 250 valence electrons. The summed E-state index contributed by atoms with van der Waals surface area (Å²) in [6.07, 6.45) is 5.92. The van der Waals surface area contributed by atoms with E-state index in [-0.39, 0.29) is 51.0 Å². The Bertz CT molecular complexity index is 1270. The van der Waals surface area contributed by atoms with Gasteiger partial charge in [0.15, 0.2) is 0 Å². The molecule has 0 bridgehead atoms. The second-order valence-corrected chi connectivity index (χ2v) is 19.4. The van der Waals surface area contributed by atoms with Crippen molar-refractivity contribution in [3.8, 4) is 28.8 Å². The van der Waals surface area contributed by atoms with E-state index in [4.69, 9.17) is 15.2 Å². The third kappa shape index (κ3) is 16.5. The third-order valence-corrected chi connectivity index (χ3v) is 14.7. The van der Waals surface area contributed by atoms with Crippen molar-refractivity contribution in [3.05, 3.63) is 96.6 Å². The summed E-state index contributed by atoms with van der Waals surface area (Å²) in [5.41, 5.74) is 9.42. The normalized spacial score (nSPS) is 10.2. The predicted octanol–water partition coefficient (Wildman–Crippen LogP) is 3.88. The van der Waals surface area contributed by atoms with E-state index in [1.165, 1.54) is 18.3 Å². The first kappa shape index (κ1) is 46.5. The van der Waals surface area contributed by atoms with E-state index in [2.05, 4.69) is 89.6 Å². The van der Waals surface area contributed by atoms with Crippen molar-refractivity contribution in [3.63, 3.8) is 0 Å². The summed E-state index contributed by atoms with van der Waals surface area (Å²) in [5, 5.41) is 7.32. The summed E-state index contributed by atoms with van der Waals surface area (Å²) >= 11 is 0. The molecule has 4 aromatic heterocycles. The Hall–Kier alpha value is -1.57. The first-order valence-electron chi connectivity index (χ1n) is 15.3. The maximum Gasteiger partial charge on any atom is 2.00 e. The topological polar surface area (TPSA) is 75.3 Å². The van der Waals surface area contributed by atoms with Crippen molar-refractivity contribution in [2.24, 2.45) is 0 Å². The number of rotatable bonds is 10. The molecule has 4 aromatic rings.